The van der Waals surface area contributed by atoms with Crippen LogP contribution in [-0.2, 0) is 24.2 Å². The van der Waals surface area contributed by atoms with E-state index in [1.165, 1.54) is 35.4 Å². The first-order chi connectivity index (χ1) is 29.0. The molecule has 312 valence electrons. The topological polar surface area (TPSA) is 122 Å². The van der Waals surface area contributed by atoms with Gasteiger partial charge < -0.3 is 24.4 Å². The molecule has 0 spiro atoms. The van der Waals surface area contributed by atoms with Gasteiger partial charge in [-0.15, -0.1) is 0 Å². The lowest BCUT2D eigenvalue weighted by Crippen LogP contribution is -2.60. The number of alkyl carbamates (subject to hydrolysis) is 1. The van der Waals surface area contributed by atoms with Gasteiger partial charge in [-0.2, -0.15) is 9.97 Å². The van der Waals surface area contributed by atoms with E-state index >= 15 is 13.2 Å². The van der Waals surface area contributed by atoms with Crippen LogP contribution in [0.4, 0.5) is 33.0 Å². The van der Waals surface area contributed by atoms with E-state index in [-0.39, 0.29) is 109 Å². The van der Waals surface area contributed by atoms with Crippen LogP contribution in [0.5, 0.6) is 11.8 Å². The Balaban J connectivity index is 1.12. The number of alkyl halides is 1. The summed E-state index contributed by atoms with van der Waals surface area (Å²) in [5.41, 5.74) is -0.263. The van der Waals surface area contributed by atoms with Crippen LogP contribution in [0, 0.1) is 17.5 Å². The fourth-order valence-electron chi connectivity index (χ4n) is 10.1. The van der Waals surface area contributed by atoms with Gasteiger partial charge in [-0.3, -0.25) is 14.8 Å². The standard InChI is InChI=1S/C44H43F4N7O5/c1-43-18-27(45)21-54(23-43)39-31-19-49-37(36(48)38(31)50-40(51-39)59-24-44-11-4-13-55(44)14-5-12-44)30-17-28(60-42(57)53-20-26-6-2-8-33(46)32(26)22-53)16-25-9-10-34(47)29(35(25)30)7-3-15-58-41(56)52-43/h2,6,8-10,16-17,19,27H,3-5,7,11-15,18,20-24H2,1H3,(H,52,56). The van der Waals surface area contributed by atoms with Gasteiger partial charge >= 0.3 is 18.2 Å². The maximum absolute atomic E-state index is 17.6. The van der Waals surface area contributed by atoms with E-state index in [1.54, 1.807) is 30.0 Å². The molecule has 6 aliphatic heterocycles. The molecular weight excluding hydrogens is 783 g/mol. The molecule has 2 aromatic heterocycles. The van der Waals surface area contributed by atoms with E-state index in [4.69, 9.17) is 19.2 Å². The van der Waals surface area contributed by atoms with E-state index in [2.05, 4.69) is 20.2 Å². The summed E-state index contributed by atoms with van der Waals surface area (Å²) in [6, 6.07) is 10.3. The highest BCUT2D eigenvalue weighted by Gasteiger charge is 2.45. The molecule has 1 N–H and O–H groups in total. The number of piperidine rings is 1. The quantitative estimate of drug-likeness (QED) is 0.180. The zero-order chi connectivity index (χ0) is 41.3. The summed E-state index contributed by atoms with van der Waals surface area (Å²) in [6.07, 6.45) is 2.72. The fraction of sp³-hybridized carbons (Fsp3) is 0.432. The number of benzene rings is 3. The van der Waals surface area contributed by atoms with Crippen LogP contribution >= 0.6 is 0 Å². The van der Waals surface area contributed by atoms with Crippen LogP contribution in [0.2, 0.25) is 0 Å². The molecule has 60 heavy (non-hydrogen) atoms. The van der Waals surface area contributed by atoms with E-state index < -0.39 is 41.3 Å². The van der Waals surface area contributed by atoms with Crippen LogP contribution in [0.3, 0.4) is 0 Å². The van der Waals surface area contributed by atoms with Crippen molar-refractivity contribution in [2.24, 2.45) is 0 Å². The molecule has 8 heterocycles. The second-order valence-corrected chi connectivity index (χ2v) is 17.0. The number of hydrogen-bond acceptors (Lipinski definition) is 10. The van der Waals surface area contributed by atoms with Gasteiger partial charge in [-0.1, -0.05) is 18.2 Å². The number of ether oxygens (including phenoxy) is 3. The molecule has 5 aromatic rings. The molecule has 2 atom stereocenters. The maximum atomic E-state index is 17.6. The Bertz CT molecular complexity index is 2570. The van der Waals surface area contributed by atoms with E-state index in [1.807, 2.05) is 0 Å². The molecule has 3 aromatic carbocycles. The number of nitrogens with one attached hydrogen (secondary N) is 1. The van der Waals surface area contributed by atoms with Crippen LogP contribution in [0.1, 0.15) is 62.1 Å². The molecule has 12 nitrogen and oxygen atoms in total. The maximum Gasteiger partial charge on any atom is 0.415 e. The average Bonchev–Trinajstić information content (AvgIpc) is 3.94. The molecular formula is C44H43F4N7O5. The van der Waals surface area contributed by atoms with Crippen molar-refractivity contribution in [3.63, 3.8) is 0 Å². The second kappa shape index (κ2) is 14.7. The van der Waals surface area contributed by atoms with Crippen LogP contribution in [-0.4, -0.2) is 93.6 Å². The third-order valence-electron chi connectivity index (χ3n) is 12.8. The summed E-state index contributed by atoms with van der Waals surface area (Å²) in [5, 5.41) is 3.74. The monoisotopic (exact) mass is 825 g/mol. The van der Waals surface area contributed by atoms with Gasteiger partial charge in [0, 0.05) is 36.8 Å². The predicted octanol–water partition coefficient (Wildman–Crippen LogP) is 7.76. The molecule has 3 fully saturated rings. The van der Waals surface area contributed by atoms with Crippen molar-refractivity contribution in [3.8, 4) is 23.0 Å². The van der Waals surface area contributed by atoms with Crippen molar-refractivity contribution in [2.45, 2.75) is 82.2 Å². The number of carbonyl (C=O) groups is 2. The number of fused-ring (bicyclic) bond motifs is 8. The smallest absolute Gasteiger partial charge is 0.415 e. The highest BCUT2D eigenvalue weighted by Crippen LogP contribution is 2.42. The summed E-state index contributed by atoms with van der Waals surface area (Å²) in [6.45, 7) is 3.97. The lowest BCUT2D eigenvalue weighted by Gasteiger charge is -2.42. The molecule has 0 saturated carbocycles. The number of anilines is 1. The predicted molar refractivity (Wildman–Crippen MR) is 213 cm³/mol. The van der Waals surface area contributed by atoms with Gasteiger partial charge in [-0.25, -0.2) is 27.2 Å². The Hall–Kier alpha value is -5.77. The molecule has 6 aliphatic rings. The van der Waals surface area contributed by atoms with E-state index in [0.29, 0.717) is 21.9 Å². The Labute approximate surface area is 342 Å². The second-order valence-electron chi connectivity index (χ2n) is 17.0. The highest BCUT2D eigenvalue weighted by atomic mass is 19.1. The minimum absolute atomic E-state index is 0.00249. The number of halogens is 4. The number of amides is 2. The Kier molecular flexibility index (Phi) is 9.45. The van der Waals surface area contributed by atoms with Crippen molar-refractivity contribution >= 4 is 39.7 Å². The Morgan fingerprint density at radius 1 is 1.02 bits per heavy atom. The van der Waals surface area contributed by atoms with Crippen molar-refractivity contribution in [1.82, 2.24) is 30.1 Å². The van der Waals surface area contributed by atoms with Gasteiger partial charge in [0.2, 0.25) is 0 Å². The molecule has 0 aliphatic carbocycles. The van der Waals surface area contributed by atoms with E-state index in [9.17, 15) is 14.0 Å². The van der Waals surface area contributed by atoms with Crippen molar-refractivity contribution in [2.75, 3.05) is 44.3 Å². The summed E-state index contributed by atoms with van der Waals surface area (Å²) < 4.78 is 81.7. The number of rotatable bonds is 4. The molecule has 2 amide bonds. The van der Waals surface area contributed by atoms with Crippen LogP contribution in [0.15, 0.2) is 48.7 Å². The van der Waals surface area contributed by atoms with Gasteiger partial charge in [0.15, 0.2) is 5.82 Å². The number of hydrogen-bond donors (Lipinski definition) is 1. The Morgan fingerprint density at radius 3 is 2.65 bits per heavy atom. The first kappa shape index (κ1) is 38.4. The number of aromatic nitrogens is 3. The lowest BCUT2D eigenvalue weighted by molar-refractivity contribution is 0.107. The minimum atomic E-state index is -1.40. The largest absolute Gasteiger partial charge is 0.461 e. The third kappa shape index (κ3) is 6.78. The highest BCUT2D eigenvalue weighted by molar-refractivity contribution is 6.02. The number of pyridine rings is 1. The van der Waals surface area contributed by atoms with Gasteiger partial charge in [0.05, 0.1) is 36.2 Å². The molecule has 0 radical (unpaired) electrons. The summed E-state index contributed by atoms with van der Waals surface area (Å²) in [4.78, 5) is 46.2. The zero-order valence-corrected chi connectivity index (χ0v) is 33.0. The first-order valence-electron chi connectivity index (χ1n) is 20.5. The van der Waals surface area contributed by atoms with Crippen molar-refractivity contribution < 1.29 is 41.4 Å². The van der Waals surface area contributed by atoms with E-state index in [0.717, 1.165) is 38.8 Å². The Morgan fingerprint density at radius 2 is 1.83 bits per heavy atom. The molecule has 16 heteroatoms. The molecule has 2 unspecified atom stereocenters. The minimum Gasteiger partial charge on any atom is -0.461 e. The van der Waals surface area contributed by atoms with Gasteiger partial charge in [-0.05, 0) is 105 Å². The first-order valence-corrected chi connectivity index (χ1v) is 20.5. The summed E-state index contributed by atoms with van der Waals surface area (Å²) in [5.74, 6) is -1.67. The molecule has 11 rings (SSSR count). The number of nitrogens with zero attached hydrogens (tertiary/aromatic N) is 6. The van der Waals surface area contributed by atoms with Crippen molar-refractivity contribution in [3.05, 3.63) is 82.8 Å². The van der Waals surface area contributed by atoms with Gasteiger partial charge in [0.1, 0.15) is 47.2 Å². The zero-order valence-electron chi connectivity index (χ0n) is 33.0. The fourth-order valence-corrected chi connectivity index (χ4v) is 10.1. The number of aryl methyl sites for hydroxylation is 1. The van der Waals surface area contributed by atoms with Crippen LogP contribution < -0.4 is 19.7 Å². The van der Waals surface area contributed by atoms with Gasteiger partial charge in [0.25, 0.3) is 0 Å². The number of carbonyl (C=O) groups excluding carboxylic acids is 2. The SMILES string of the molecule is CC12CC(F)CN(C1)c1nc(OCC34CCCN3CCC4)nc3c(F)c(ncc13)-c1cc(OC(=O)N3Cc4cccc(F)c4C3)cc3ccc(F)c(c13)CCCOC(=O)N2. The van der Waals surface area contributed by atoms with Crippen molar-refractivity contribution in [1.29, 1.82) is 0 Å². The molecule has 3 saturated heterocycles. The summed E-state index contributed by atoms with van der Waals surface area (Å²) >= 11 is 0. The third-order valence-corrected chi connectivity index (χ3v) is 12.8. The normalized spacial score (nSPS) is 22.5. The molecule has 6 bridgehead atoms. The van der Waals surface area contributed by atoms with Crippen LogP contribution in [0.25, 0.3) is 32.9 Å². The average molecular weight is 826 g/mol. The summed E-state index contributed by atoms with van der Waals surface area (Å²) in [7, 11) is 0. The lowest BCUT2D eigenvalue weighted by atomic mass is 9.90.